The second-order valence-corrected chi connectivity index (χ2v) is 7.02. The molecule has 1 unspecified atom stereocenters. The van der Waals surface area contributed by atoms with Crippen LogP contribution in [0.4, 0.5) is 4.79 Å². The van der Waals surface area contributed by atoms with Crippen LogP contribution < -0.4 is 5.32 Å². The Labute approximate surface area is 143 Å². The smallest absolute Gasteiger partial charge is 0.324 e. The van der Waals surface area contributed by atoms with Gasteiger partial charge in [-0.25, -0.2) is 4.79 Å². The van der Waals surface area contributed by atoms with Crippen LogP contribution in [0, 0.1) is 13.8 Å². The van der Waals surface area contributed by atoms with Gasteiger partial charge in [-0.2, -0.15) is 0 Å². The average molecular weight is 346 g/mol. The molecule has 7 nitrogen and oxygen atoms in total. The van der Waals surface area contributed by atoms with Gasteiger partial charge in [0.1, 0.15) is 0 Å². The number of nitrogens with zero attached hydrogens (tertiary/aromatic N) is 3. The summed E-state index contributed by atoms with van der Waals surface area (Å²) in [5, 5.41) is 10.5. The normalized spacial score (nSPS) is 15.5. The van der Waals surface area contributed by atoms with Gasteiger partial charge in [-0.05, 0) is 32.9 Å². The maximum absolute atomic E-state index is 12.3. The van der Waals surface area contributed by atoms with Crippen LogP contribution in [0.25, 0.3) is 11.5 Å². The number of hydrogen-bond acceptors (Lipinski definition) is 6. The fraction of sp³-hybridized carbons (Fsp3) is 0.375. The minimum Gasteiger partial charge on any atom is -0.411 e. The highest BCUT2D eigenvalue weighted by Crippen LogP contribution is 2.28. The van der Waals surface area contributed by atoms with Gasteiger partial charge in [0, 0.05) is 18.7 Å². The highest BCUT2D eigenvalue weighted by molar-refractivity contribution is 8.00. The molecule has 24 heavy (non-hydrogen) atoms. The molecule has 0 spiro atoms. The van der Waals surface area contributed by atoms with E-state index in [1.165, 1.54) is 4.90 Å². The van der Waals surface area contributed by atoms with Crippen molar-refractivity contribution in [2.75, 3.05) is 13.1 Å². The van der Waals surface area contributed by atoms with E-state index in [0.29, 0.717) is 24.2 Å². The summed E-state index contributed by atoms with van der Waals surface area (Å²) in [6.45, 7) is 6.60. The molecule has 8 heteroatoms. The van der Waals surface area contributed by atoms with E-state index in [2.05, 4.69) is 21.6 Å². The molecule has 1 atom stereocenters. The fourth-order valence-electron chi connectivity index (χ4n) is 2.58. The summed E-state index contributed by atoms with van der Waals surface area (Å²) < 4.78 is 5.66. The molecule has 1 N–H and O–H groups in total. The number of amides is 3. The highest BCUT2D eigenvalue weighted by Gasteiger charge is 2.31. The number of imide groups is 1. The topological polar surface area (TPSA) is 88.3 Å². The van der Waals surface area contributed by atoms with Crippen LogP contribution in [-0.4, -0.2) is 45.4 Å². The lowest BCUT2D eigenvalue weighted by Gasteiger charge is -2.15. The molecule has 1 aliphatic heterocycles. The van der Waals surface area contributed by atoms with Crippen LogP contribution in [0.15, 0.2) is 27.8 Å². The van der Waals surface area contributed by atoms with Crippen LogP contribution in [0.2, 0.25) is 0 Å². The molecule has 1 saturated heterocycles. The summed E-state index contributed by atoms with van der Waals surface area (Å²) in [6, 6.07) is 5.65. The predicted molar refractivity (Wildman–Crippen MR) is 89.6 cm³/mol. The molecule has 2 aromatic rings. The molecule has 1 aliphatic rings. The first kappa shape index (κ1) is 16.5. The quantitative estimate of drug-likeness (QED) is 0.855. The number of benzene rings is 1. The van der Waals surface area contributed by atoms with Gasteiger partial charge in [-0.15, -0.1) is 10.2 Å². The zero-order valence-electron chi connectivity index (χ0n) is 13.7. The number of hydrogen-bond donors (Lipinski definition) is 1. The maximum atomic E-state index is 12.3. The molecule has 0 bridgehead atoms. The Morgan fingerprint density at radius 2 is 2.00 bits per heavy atom. The second kappa shape index (κ2) is 6.64. The van der Waals surface area contributed by atoms with E-state index >= 15 is 0 Å². The van der Waals surface area contributed by atoms with E-state index in [-0.39, 0.29) is 11.9 Å². The molecule has 2 heterocycles. The van der Waals surface area contributed by atoms with E-state index in [4.69, 9.17) is 4.42 Å². The number of urea groups is 1. The SMILES string of the molecule is Cc1cc(C)cc(-c2nnc(SC(C)C(=O)N3CCNC3=O)o2)c1. The molecular formula is C16H18N4O3S. The minimum atomic E-state index is -0.485. The van der Waals surface area contributed by atoms with Crippen molar-refractivity contribution in [1.29, 1.82) is 0 Å². The lowest BCUT2D eigenvalue weighted by Crippen LogP contribution is -2.38. The van der Waals surface area contributed by atoms with Gasteiger partial charge in [0.25, 0.3) is 5.22 Å². The predicted octanol–water partition coefficient (Wildman–Crippen LogP) is 2.39. The van der Waals surface area contributed by atoms with Crippen LogP contribution >= 0.6 is 11.8 Å². The van der Waals surface area contributed by atoms with Crippen molar-refractivity contribution in [2.45, 2.75) is 31.2 Å². The third-order valence-corrected chi connectivity index (χ3v) is 4.55. The summed E-state index contributed by atoms with van der Waals surface area (Å²) >= 11 is 1.15. The van der Waals surface area contributed by atoms with E-state index < -0.39 is 5.25 Å². The number of carbonyl (C=O) groups excluding carboxylic acids is 2. The largest absolute Gasteiger partial charge is 0.411 e. The van der Waals surface area contributed by atoms with Crippen molar-refractivity contribution >= 4 is 23.7 Å². The zero-order valence-corrected chi connectivity index (χ0v) is 14.5. The molecular weight excluding hydrogens is 328 g/mol. The Morgan fingerprint density at radius 1 is 1.29 bits per heavy atom. The standard InChI is InChI=1S/C16H18N4O3S/c1-9-6-10(2)8-12(7-9)13-18-19-16(23-13)24-11(3)14(21)20-5-4-17-15(20)22/h6-8,11H,4-5H2,1-3H3,(H,17,22). The Balaban J connectivity index is 1.71. The number of thioether (sulfide) groups is 1. The van der Waals surface area contributed by atoms with Crippen molar-refractivity contribution in [2.24, 2.45) is 0 Å². The first-order valence-electron chi connectivity index (χ1n) is 7.62. The minimum absolute atomic E-state index is 0.263. The molecule has 0 aliphatic carbocycles. The summed E-state index contributed by atoms with van der Waals surface area (Å²) in [7, 11) is 0. The number of aromatic nitrogens is 2. The van der Waals surface area contributed by atoms with E-state index in [0.717, 1.165) is 28.5 Å². The number of aryl methyl sites for hydroxylation is 2. The number of nitrogens with one attached hydrogen (secondary N) is 1. The summed E-state index contributed by atoms with van der Waals surface area (Å²) in [5.74, 6) is 0.156. The monoisotopic (exact) mass is 346 g/mol. The second-order valence-electron chi connectivity index (χ2n) is 5.73. The van der Waals surface area contributed by atoms with Gasteiger partial charge in [-0.3, -0.25) is 9.69 Å². The van der Waals surface area contributed by atoms with Gasteiger partial charge >= 0.3 is 6.03 Å². The summed E-state index contributed by atoms with van der Waals surface area (Å²) in [5.41, 5.74) is 3.08. The van der Waals surface area contributed by atoms with Crippen molar-refractivity contribution in [3.05, 3.63) is 29.3 Å². The Hall–Kier alpha value is -2.35. The molecule has 1 aromatic heterocycles. The van der Waals surface area contributed by atoms with Gasteiger partial charge < -0.3 is 9.73 Å². The van der Waals surface area contributed by atoms with Crippen molar-refractivity contribution < 1.29 is 14.0 Å². The van der Waals surface area contributed by atoms with Gasteiger partial charge in [0.2, 0.25) is 11.8 Å². The molecule has 1 fully saturated rings. The van der Waals surface area contributed by atoms with Gasteiger partial charge in [0.05, 0.1) is 5.25 Å². The molecule has 1 aromatic carbocycles. The maximum Gasteiger partial charge on any atom is 0.324 e. The average Bonchev–Trinajstić information content (AvgIpc) is 3.14. The van der Waals surface area contributed by atoms with Crippen LogP contribution in [0.5, 0.6) is 0 Å². The summed E-state index contributed by atoms with van der Waals surface area (Å²) in [4.78, 5) is 25.0. The summed E-state index contributed by atoms with van der Waals surface area (Å²) in [6.07, 6.45) is 0. The Bertz CT molecular complexity index is 769. The van der Waals surface area contributed by atoms with Gasteiger partial charge in [-0.1, -0.05) is 29.0 Å². The highest BCUT2D eigenvalue weighted by atomic mass is 32.2. The lowest BCUT2D eigenvalue weighted by molar-refractivity contribution is -0.126. The number of carbonyl (C=O) groups is 2. The van der Waals surface area contributed by atoms with Crippen molar-refractivity contribution in [3.63, 3.8) is 0 Å². The van der Waals surface area contributed by atoms with E-state index in [9.17, 15) is 9.59 Å². The van der Waals surface area contributed by atoms with Crippen LogP contribution in [0.1, 0.15) is 18.1 Å². The van der Waals surface area contributed by atoms with Crippen molar-refractivity contribution in [3.8, 4) is 11.5 Å². The third kappa shape index (κ3) is 3.43. The zero-order chi connectivity index (χ0) is 17.3. The third-order valence-electron chi connectivity index (χ3n) is 3.62. The first-order valence-corrected chi connectivity index (χ1v) is 8.50. The molecule has 0 saturated carbocycles. The molecule has 126 valence electrons. The first-order chi connectivity index (χ1) is 11.4. The molecule has 3 rings (SSSR count). The number of rotatable bonds is 4. The van der Waals surface area contributed by atoms with Crippen molar-refractivity contribution in [1.82, 2.24) is 20.4 Å². The molecule has 3 amide bonds. The van der Waals surface area contributed by atoms with E-state index in [1.54, 1.807) is 6.92 Å². The van der Waals surface area contributed by atoms with E-state index in [1.807, 2.05) is 26.0 Å². The Kier molecular flexibility index (Phi) is 4.57. The Morgan fingerprint density at radius 3 is 2.62 bits per heavy atom. The molecule has 0 radical (unpaired) electrons. The van der Waals surface area contributed by atoms with Crippen LogP contribution in [0.3, 0.4) is 0 Å². The van der Waals surface area contributed by atoms with Gasteiger partial charge in [0.15, 0.2) is 0 Å². The lowest BCUT2D eigenvalue weighted by atomic mass is 10.1. The fourth-order valence-corrected chi connectivity index (χ4v) is 3.32. The van der Waals surface area contributed by atoms with Crippen LogP contribution in [-0.2, 0) is 4.79 Å².